The maximum atomic E-state index is 12.4. The zero-order valence-corrected chi connectivity index (χ0v) is 12.5. The summed E-state index contributed by atoms with van der Waals surface area (Å²) in [6.45, 7) is 0. The van der Waals surface area contributed by atoms with Gasteiger partial charge in [-0.15, -0.1) is 0 Å². The van der Waals surface area contributed by atoms with Crippen LogP contribution in [0.5, 0.6) is 0 Å². The summed E-state index contributed by atoms with van der Waals surface area (Å²) >= 11 is 12.0. The van der Waals surface area contributed by atoms with E-state index < -0.39 is 11.6 Å². The highest BCUT2D eigenvalue weighted by molar-refractivity contribution is 6.31. The number of rotatable bonds is 2. The van der Waals surface area contributed by atoms with Crippen molar-refractivity contribution in [3.05, 3.63) is 69.2 Å². The van der Waals surface area contributed by atoms with E-state index in [4.69, 9.17) is 28.0 Å². The van der Waals surface area contributed by atoms with Crippen LogP contribution in [0.2, 0.25) is 10.0 Å². The van der Waals surface area contributed by atoms with Crippen molar-refractivity contribution in [2.45, 2.75) is 5.72 Å². The van der Waals surface area contributed by atoms with E-state index in [1.165, 1.54) is 7.11 Å². The fourth-order valence-electron chi connectivity index (χ4n) is 2.55. The third-order valence-electron chi connectivity index (χ3n) is 3.48. The quantitative estimate of drug-likeness (QED) is 0.923. The molecule has 0 radical (unpaired) electrons. The summed E-state index contributed by atoms with van der Waals surface area (Å²) in [5.41, 5.74) is -0.643. The molecule has 1 unspecified atom stereocenters. The molecule has 108 valence electrons. The van der Waals surface area contributed by atoms with Crippen LogP contribution in [-0.4, -0.2) is 23.2 Å². The van der Waals surface area contributed by atoms with Gasteiger partial charge in [0.25, 0.3) is 5.91 Å². The normalized spacial score (nSPS) is 20.8. The van der Waals surface area contributed by atoms with Gasteiger partial charge in [-0.2, -0.15) is 5.06 Å². The van der Waals surface area contributed by atoms with Crippen molar-refractivity contribution in [3.63, 3.8) is 0 Å². The Labute approximate surface area is 131 Å². The van der Waals surface area contributed by atoms with E-state index in [-0.39, 0.29) is 0 Å². The Morgan fingerprint density at radius 1 is 1.14 bits per heavy atom. The van der Waals surface area contributed by atoms with E-state index >= 15 is 0 Å². The number of fused-ring (bicyclic) bond motifs is 1. The summed E-state index contributed by atoms with van der Waals surface area (Å²) in [5, 5.41) is 12.9. The largest absolute Gasteiger partial charge is 0.361 e. The second-order valence-electron chi connectivity index (χ2n) is 4.65. The maximum Gasteiger partial charge on any atom is 0.281 e. The van der Waals surface area contributed by atoms with Gasteiger partial charge in [0.05, 0.1) is 12.7 Å². The SMILES string of the molecule is CON1C(=O)c2ccc(Cl)cc2C1(O)c1cccc(Cl)c1. The molecule has 0 spiro atoms. The third-order valence-corrected chi connectivity index (χ3v) is 3.95. The lowest BCUT2D eigenvalue weighted by atomic mass is 9.94. The molecular weight excluding hydrogens is 313 g/mol. The van der Waals surface area contributed by atoms with E-state index in [0.29, 0.717) is 26.7 Å². The number of hydrogen-bond donors (Lipinski definition) is 1. The topological polar surface area (TPSA) is 49.8 Å². The van der Waals surface area contributed by atoms with Crippen LogP contribution >= 0.6 is 23.2 Å². The number of carbonyl (C=O) groups is 1. The average Bonchev–Trinajstić information content (AvgIpc) is 2.68. The standard InChI is InChI=1S/C15H11Cl2NO3/c1-21-18-14(19)12-6-5-11(17)8-13(12)15(18,20)9-3-2-4-10(16)7-9/h2-8,20H,1H3. The summed E-state index contributed by atoms with van der Waals surface area (Å²) in [7, 11) is 1.32. The van der Waals surface area contributed by atoms with Crippen molar-refractivity contribution in [3.8, 4) is 0 Å². The molecule has 3 rings (SSSR count). The van der Waals surface area contributed by atoms with E-state index in [9.17, 15) is 9.90 Å². The fourth-order valence-corrected chi connectivity index (χ4v) is 2.91. The molecule has 21 heavy (non-hydrogen) atoms. The molecule has 1 heterocycles. The molecule has 1 aliphatic heterocycles. The first-order valence-electron chi connectivity index (χ1n) is 6.15. The van der Waals surface area contributed by atoms with Crippen molar-refractivity contribution >= 4 is 29.1 Å². The summed E-state index contributed by atoms with van der Waals surface area (Å²) < 4.78 is 0. The number of halogens is 2. The van der Waals surface area contributed by atoms with Gasteiger partial charge in [0, 0.05) is 21.2 Å². The lowest BCUT2D eigenvalue weighted by molar-refractivity contribution is -0.223. The van der Waals surface area contributed by atoms with Gasteiger partial charge in [0.1, 0.15) is 0 Å². The van der Waals surface area contributed by atoms with Crippen molar-refractivity contribution in [2.24, 2.45) is 0 Å². The molecule has 0 saturated carbocycles. The zero-order valence-electron chi connectivity index (χ0n) is 11.0. The number of benzene rings is 2. The highest BCUT2D eigenvalue weighted by atomic mass is 35.5. The molecule has 2 aromatic rings. The monoisotopic (exact) mass is 323 g/mol. The van der Waals surface area contributed by atoms with Gasteiger partial charge in [-0.1, -0.05) is 35.3 Å². The lowest BCUT2D eigenvalue weighted by Crippen LogP contribution is -2.43. The molecular formula is C15H11Cl2NO3. The number of hydrogen-bond acceptors (Lipinski definition) is 3. The van der Waals surface area contributed by atoms with Gasteiger partial charge in [-0.05, 0) is 30.3 Å². The number of amides is 1. The van der Waals surface area contributed by atoms with E-state index in [1.54, 1.807) is 42.5 Å². The van der Waals surface area contributed by atoms with E-state index in [2.05, 4.69) is 0 Å². The molecule has 1 atom stereocenters. The highest BCUT2D eigenvalue weighted by Crippen LogP contribution is 2.43. The molecule has 0 aromatic heterocycles. The molecule has 0 aliphatic carbocycles. The fraction of sp³-hybridized carbons (Fsp3) is 0.133. The minimum atomic E-state index is -1.77. The number of hydroxylamine groups is 2. The van der Waals surface area contributed by atoms with Crippen LogP contribution in [0.3, 0.4) is 0 Å². The van der Waals surface area contributed by atoms with Crippen LogP contribution in [0.1, 0.15) is 21.5 Å². The Hall–Kier alpha value is -1.59. The number of nitrogens with zero attached hydrogens (tertiary/aromatic N) is 1. The molecule has 1 aliphatic rings. The highest BCUT2D eigenvalue weighted by Gasteiger charge is 2.51. The summed E-state index contributed by atoms with van der Waals surface area (Å²) in [5.74, 6) is -0.438. The van der Waals surface area contributed by atoms with Gasteiger partial charge in [0.15, 0.2) is 0 Å². The predicted molar refractivity (Wildman–Crippen MR) is 79.1 cm³/mol. The first-order chi connectivity index (χ1) is 9.98. The van der Waals surface area contributed by atoms with Gasteiger partial charge in [-0.3, -0.25) is 9.63 Å². The van der Waals surface area contributed by atoms with Gasteiger partial charge < -0.3 is 5.11 Å². The number of aliphatic hydroxyl groups is 1. The Morgan fingerprint density at radius 2 is 1.86 bits per heavy atom. The molecule has 0 fully saturated rings. The third kappa shape index (κ3) is 2.03. The Kier molecular flexibility index (Phi) is 3.42. The molecule has 4 nitrogen and oxygen atoms in total. The smallest absolute Gasteiger partial charge is 0.281 e. The lowest BCUT2D eigenvalue weighted by Gasteiger charge is -2.32. The van der Waals surface area contributed by atoms with Crippen molar-refractivity contribution < 1.29 is 14.7 Å². The van der Waals surface area contributed by atoms with Gasteiger partial charge in [0.2, 0.25) is 5.72 Å². The van der Waals surface area contributed by atoms with Crippen molar-refractivity contribution in [1.82, 2.24) is 5.06 Å². The summed E-state index contributed by atoms with van der Waals surface area (Å²) in [4.78, 5) is 17.5. The van der Waals surface area contributed by atoms with Crippen LogP contribution < -0.4 is 0 Å². The Balaban J connectivity index is 2.29. The summed E-state index contributed by atoms with van der Waals surface area (Å²) in [6.07, 6.45) is 0. The second-order valence-corrected chi connectivity index (χ2v) is 5.53. The van der Waals surface area contributed by atoms with Crippen LogP contribution in [0.25, 0.3) is 0 Å². The zero-order chi connectivity index (χ0) is 15.2. The maximum absolute atomic E-state index is 12.4. The minimum absolute atomic E-state index is 0.337. The molecule has 1 N–H and O–H groups in total. The Bertz CT molecular complexity index is 735. The predicted octanol–water partition coefficient (Wildman–Crippen LogP) is 3.20. The molecule has 0 bridgehead atoms. The Morgan fingerprint density at radius 3 is 2.52 bits per heavy atom. The molecule has 0 saturated heterocycles. The molecule has 1 amide bonds. The summed E-state index contributed by atoms with van der Waals surface area (Å²) in [6, 6.07) is 11.3. The average molecular weight is 324 g/mol. The van der Waals surface area contributed by atoms with Crippen molar-refractivity contribution in [2.75, 3.05) is 7.11 Å². The first kappa shape index (κ1) is 14.4. The van der Waals surface area contributed by atoms with Crippen LogP contribution in [0, 0.1) is 0 Å². The molecule has 6 heteroatoms. The number of carbonyl (C=O) groups excluding carboxylic acids is 1. The second kappa shape index (κ2) is 5.00. The van der Waals surface area contributed by atoms with Crippen molar-refractivity contribution in [1.29, 1.82) is 0 Å². The van der Waals surface area contributed by atoms with E-state index in [0.717, 1.165) is 5.06 Å². The van der Waals surface area contributed by atoms with Crippen LogP contribution in [-0.2, 0) is 10.6 Å². The van der Waals surface area contributed by atoms with Gasteiger partial charge in [-0.25, -0.2) is 0 Å². The first-order valence-corrected chi connectivity index (χ1v) is 6.91. The van der Waals surface area contributed by atoms with E-state index in [1.807, 2.05) is 0 Å². The van der Waals surface area contributed by atoms with Crippen LogP contribution in [0.4, 0.5) is 0 Å². The minimum Gasteiger partial charge on any atom is -0.361 e. The van der Waals surface area contributed by atoms with Crippen LogP contribution in [0.15, 0.2) is 42.5 Å². The van der Waals surface area contributed by atoms with Gasteiger partial charge >= 0.3 is 0 Å². The molecule has 2 aromatic carbocycles.